The number of hydrogen-bond donors (Lipinski definition) is 0. The van der Waals surface area contributed by atoms with Gasteiger partial charge in [-0.3, -0.25) is 0 Å². The molecule has 0 amide bonds. The van der Waals surface area contributed by atoms with Crippen LogP contribution in [0.3, 0.4) is 0 Å². The third kappa shape index (κ3) is 4.64. The molecular formula is C43H25N5O2. The number of furan rings is 2. The van der Waals surface area contributed by atoms with Crippen molar-refractivity contribution in [3.05, 3.63) is 152 Å². The van der Waals surface area contributed by atoms with Crippen LogP contribution in [-0.2, 0) is 0 Å². The Kier molecular flexibility index (Phi) is 6.35. The second kappa shape index (κ2) is 11.3. The molecule has 7 nitrogen and oxygen atoms in total. The molecular weight excluding hydrogens is 619 g/mol. The Morgan fingerprint density at radius 3 is 1.66 bits per heavy atom. The lowest BCUT2D eigenvalue weighted by Crippen LogP contribution is -2.00. The molecule has 0 bridgehead atoms. The number of hydrogen-bond acceptors (Lipinski definition) is 7. The molecule has 10 aromatic rings. The molecule has 4 aromatic heterocycles. The fraction of sp³-hybridized carbons (Fsp3) is 0. The van der Waals surface area contributed by atoms with E-state index in [1.165, 1.54) is 0 Å². The molecule has 0 fully saturated rings. The van der Waals surface area contributed by atoms with Crippen LogP contribution >= 0.6 is 0 Å². The van der Waals surface area contributed by atoms with E-state index in [4.69, 9.17) is 33.8 Å². The van der Waals surface area contributed by atoms with Crippen molar-refractivity contribution in [1.29, 1.82) is 0 Å². The first-order valence-corrected chi connectivity index (χ1v) is 16.3. The van der Waals surface area contributed by atoms with Crippen LogP contribution in [-0.4, -0.2) is 24.9 Å². The van der Waals surface area contributed by atoms with Crippen molar-refractivity contribution in [2.75, 3.05) is 0 Å². The SMILES string of the molecule is c1ccc(-c2nc(-c3ccccc3)nc(-c3cccc4oc5ccc(-c6nc(-c7ccccc7)c7oc8ccccc8c7n6)cc5c34)n2)cc1. The van der Waals surface area contributed by atoms with Gasteiger partial charge in [0.05, 0.1) is 0 Å². The van der Waals surface area contributed by atoms with Crippen LogP contribution in [0.25, 0.3) is 101 Å². The van der Waals surface area contributed by atoms with E-state index in [-0.39, 0.29) is 0 Å². The van der Waals surface area contributed by atoms with Crippen LogP contribution in [0.15, 0.2) is 160 Å². The van der Waals surface area contributed by atoms with E-state index >= 15 is 0 Å². The van der Waals surface area contributed by atoms with Crippen LogP contribution in [0.1, 0.15) is 0 Å². The Labute approximate surface area is 285 Å². The average Bonchev–Trinajstić information content (AvgIpc) is 3.76. The van der Waals surface area contributed by atoms with Crippen molar-refractivity contribution in [3.8, 4) is 56.8 Å². The highest BCUT2D eigenvalue weighted by Crippen LogP contribution is 2.40. The number of nitrogens with zero attached hydrogens (tertiary/aromatic N) is 5. The first kappa shape index (κ1) is 28.1. The largest absolute Gasteiger partial charge is 0.456 e. The molecule has 50 heavy (non-hydrogen) atoms. The Morgan fingerprint density at radius 1 is 0.360 bits per heavy atom. The average molecular weight is 644 g/mol. The summed E-state index contributed by atoms with van der Waals surface area (Å²) in [5.74, 6) is 2.35. The quantitative estimate of drug-likeness (QED) is 0.184. The van der Waals surface area contributed by atoms with Gasteiger partial charge in [-0.15, -0.1) is 0 Å². The van der Waals surface area contributed by atoms with Crippen LogP contribution in [0.2, 0.25) is 0 Å². The Bertz CT molecular complexity index is 2810. The summed E-state index contributed by atoms with van der Waals surface area (Å²) in [6.07, 6.45) is 0. The van der Waals surface area contributed by atoms with E-state index in [0.29, 0.717) is 28.9 Å². The minimum atomic E-state index is 0.560. The minimum Gasteiger partial charge on any atom is -0.456 e. The van der Waals surface area contributed by atoms with Crippen LogP contribution in [0.5, 0.6) is 0 Å². The van der Waals surface area contributed by atoms with Crippen molar-refractivity contribution in [2.45, 2.75) is 0 Å². The van der Waals surface area contributed by atoms with E-state index in [1.54, 1.807) is 0 Å². The van der Waals surface area contributed by atoms with Crippen LogP contribution < -0.4 is 0 Å². The maximum Gasteiger partial charge on any atom is 0.180 e. The van der Waals surface area contributed by atoms with Gasteiger partial charge in [0, 0.05) is 44.0 Å². The summed E-state index contributed by atoms with van der Waals surface area (Å²) in [6, 6.07) is 50.1. The third-order valence-corrected chi connectivity index (χ3v) is 8.96. The van der Waals surface area contributed by atoms with Gasteiger partial charge >= 0.3 is 0 Å². The van der Waals surface area contributed by atoms with Gasteiger partial charge in [-0.05, 0) is 36.4 Å². The lowest BCUT2D eigenvalue weighted by atomic mass is 10.0. The maximum absolute atomic E-state index is 6.42. The number of benzene rings is 6. The molecule has 10 rings (SSSR count). The summed E-state index contributed by atoms with van der Waals surface area (Å²) in [5.41, 5.74) is 8.90. The summed E-state index contributed by atoms with van der Waals surface area (Å²) in [6.45, 7) is 0. The number of fused-ring (bicyclic) bond motifs is 6. The minimum absolute atomic E-state index is 0.560. The Morgan fingerprint density at radius 2 is 0.940 bits per heavy atom. The first-order valence-electron chi connectivity index (χ1n) is 16.3. The second-order valence-corrected chi connectivity index (χ2v) is 12.1. The molecule has 0 radical (unpaired) electrons. The normalized spacial score (nSPS) is 11.6. The van der Waals surface area contributed by atoms with E-state index in [9.17, 15) is 0 Å². The van der Waals surface area contributed by atoms with Crippen LogP contribution in [0.4, 0.5) is 0 Å². The number of rotatable bonds is 5. The summed E-state index contributed by atoms with van der Waals surface area (Å²) >= 11 is 0. The molecule has 0 atom stereocenters. The smallest absolute Gasteiger partial charge is 0.180 e. The lowest BCUT2D eigenvalue weighted by Gasteiger charge is -2.09. The molecule has 4 heterocycles. The molecule has 0 unspecified atom stereocenters. The summed E-state index contributed by atoms with van der Waals surface area (Å²) in [4.78, 5) is 25.1. The van der Waals surface area contributed by atoms with Gasteiger partial charge < -0.3 is 8.83 Å². The van der Waals surface area contributed by atoms with E-state index in [2.05, 4.69) is 6.07 Å². The van der Waals surface area contributed by atoms with Gasteiger partial charge in [0.15, 0.2) is 28.9 Å². The molecule has 6 aromatic carbocycles. The van der Waals surface area contributed by atoms with Gasteiger partial charge in [-0.1, -0.05) is 115 Å². The lowest BCUT2D eigenvalue weighted by molar-refractivity contribution is 0.667. The molecule has 0 aliphatic rings. The summed E-state index contributed by atoms with van der Waals surface area (Å²) in [7, 11) is 0. The van der Waals surface area contributed by atoms with Gasteiger partial charge in [0.2, 0.25) is 0 Å². The molecule has 234 valence electrons. The Hall–Kier alpha value is -6.99. The van der Waals surface area contributed by atoms with Gasteiger partial charge in [-0.25, -0.2) is 24.9 Å². The third-order valence-electron chi connectivity index (χ3n) is 8.96. The zero-order chi connectivity index (χ0) is 33.0. The van der Waals surface area contributed by atoms with Gasteiger partial charge in [0.1, 0.15) is 28.0 Å². The van der Waals surface area contributed by atoms with Crippen LogP contribution in [0, 0.1) is 0 Å². The van der Waals surface area contributed by atoms with E-state index < -0.39 is 0 Å². The zero-order valence-corrected chi connectivity index (χ0v) is 26.5. The maximum atomic E-state index is 6.42. The van der Waals surface area contributed by atoms with E-state index in [0.717, 1.165) is 71.9 Å². The predicted octanol–water partition coefficient (Wildman–Crippen LogP) is 10.8. The summed E-state index contributed by atoms with van der Waals surface area (Å²) in [5, 5.41) is 2.77. The molecule has 7 heteroatoms. The monoisotopic (exact) mass is 643 g/mol. The number of para-hydroxylation sites is 1. The topological polar surface area (TPSA) is 90.7 Å². The van der Waals surface area contributed by atoms with Gasteiger partial charge in [0.25, 0.3) is 0 Å². The predicted molar refractivity (Wildman–Crippen MR) is 197 cm³/mol. The molecule has 0 N–H and O–H groups in total. The fourth-order valence-electron chi connectivity index (χ4n) is 6.59. The van der Waals surface area contributed by atoms with E-state index in [1.807, 2.05) is 146 Å². The highest BCUT2D eigenvalue weighted by atomic mass is 16.3. The van der Waals surface area contributed by atoms with Crippen molar-refractivity contribution >= 4 is 44.0 Å². The first-order chi connectivity index (χ1) is 24.8. The standard InChI is InChI=1S/C43H25N5O2/c1-4-13-26(14-5-1)37-39-38(30-19-10-11-21-33(30)50-39)45-42(44-37)29-23-24-34-32(25-29)36-31(20-12-22-35(36)49-34)43-47-40(27-15-6-2-7-16-27)46-41(48-43)28-17-8-3-9-18-28/h1-25H. The molecule has 0 aliphatic carbocycles. The molecule has 0 saturated carbocycles. The number of aromatic nitrogens is 5. The fourth-order valence-corrected chi connectivity index (χ4v) is 6.59. The highest BCUT2D eigenvalue weighted by molar-refractivity contribution is 6.13. The molecule has 0 spiro atoms. The van der Waals surface area contributed by atoms with Crippen molar-refractivity contribution in [1.82, 2.24) is 24.9 Å². The van der Waals surface area contributed by atoms with Gasteiger partial charge in [-0.2, -0.15) is 0 Å². The highest BCUT2D eigenvalue weighted by Gasteiger charge is 2.21. The summed E-state index contributed by atoms with van der Waals surface area (Å²) < 4.78 is 12.7. The van der Waals surface area contributed by atoms with Crippen molar-refractivity contribution < 1.29 is 8.83 Å². The Balaban J connectivity index is 1.20. The molecule has 0 saturated heterocycles. The van der Waals surface area contributed by atoms with Crippen molar-refractivity contribution in [3.63, 3.8) is 0 Å². The zero-order valence-electron chi connectivity index (χ0n) is 26.5. The molecule has 0 aliphatic heterocycles. The second-order valence-electron chi connectivity index (χ2n) is 12.1. The van der Waals surface area contributed by atoms with Crippen molar-refractivity contribution in [2.24, 2.45) is 0 Å².